The largest absolute Gasteiger partial charge is 0.490 e. The molecule has 0 saturated heterocycles. The van der Waals surface area contributed by atoms with E-state index < -0.39 is 5.63 Å². The van der Waals surface area contributed by atoms with Crippen molar-refractivity contribution in [1.82, 2.24) is 0 Å². The van der Waals surface area contributed by atoms with E-state index in [9.17, 15) is 9.59 Å². The highest BCUT2D eigenvalue weighted by molar-refractivity contribution is 6.10. The van der Waals surface area contributed by atoms with E-state index in [1.807, 2.05) is 6.07 Å². The summed E-state index contributed by atoms with van der Waals surface area (Å²) >= 11 is 0. The number of rotatable bonds is 3. The molecule has 0 amide bonds. The third-order valence-corrected chi connectivity index (χ3v) is 3.22. The summed E-state index contributed by atoms with van der Waals surface area (Å²) in [6.07, 6.45) is 0. The number of hydrogen-bond donors (Lipinski definition) is 0. The number of carbonyl (C=O) groups is 1. The van der Waals surface area contributed by atoms with Crippen molar-refractivity contribution < 1.29 is 13.9 Å². The second-order valence-corrected chi connectivity index (χ2v) is 4.55. The minimum atomic E-state index is -0.561. The van der Waals surface area contributed by atoms with Crippen LogP contribution in [0.5, 0.6) is 5.75 Å². The number of benzene rings is 2. The van der Waals surface area contributed by atoms with E-state index in [1.165, 1.54) is 7.11 Å². The second kappa shape index (κ2) is 5.25. The van der Waals surface area contributed by atoms with Crippen LogP contribution in [0, 0.1) is 0 Å². The highest BCUT2D eigenvalue weighted by Crippen LogP contribution is 2.20. The first kappa shape index (κ1) is 13.1. The van der Waals surface area contributed by atoms with Crippen molar-refractivity contribution >= 4 is 16.8 Å². The Morgan fingerprint density at radius 3 is 2.48 bits per heavy atom. The monoisotopic (exact) mass is 280 g/mol. The summed E-state index contributed by atoms with van der Waals surface area (Å²) in [7, 11) is 1.41. The van der Waals surface area contributed by atoms with Gasteiger partial charge >= 0.3 is 5.63 Å². The standard InChI is InChI=1S/C17H12O4/c1-20-15-9-12-7-8-13(10-14(12)21-17(15)19)16(18)11-5-3-2-4-6-11/h2-10H,1H3. The summed E-state index contributed by atoms with van der Waals surface area (Å²) in [4.78, 5) is 24.0. The Bertz CT molecular complexity index is 863. The summed E-state index contributed by atoms with van der Waals surface area (Å²) < 4.78 is 10.1. The highest BCUT2D eigenvalue weighted by atomic mass is 16.5. The van der Waals surface area contributed by atoms with Crippen molar-refractivity contribution in [2.24, 2.45) is 0 Å². The smallest absolute Gasteiger partial charge is 0.379 e. The lowest BCUT2D eigenvalue weighted by Gasteiger charge is -2.04. The minimum absolute atomic E-state index is 0.115. The molecule has 0 N–H and O–H groups in total. The number of methoxy groups -OCH3 is 1. The van der Waals surface area contributed by atoms with Crippen molar-refractivity contribution in [3.8, 4) is 5.75 Å². The quantitative estimate of drug-likeness (QED) is 0.546. The molecule has 0 bridgehead atoms. The molecule has 1 heterocycles. The van der Waals surface area contributed by atoms with Crippen molar-refractivity contribution in [2.75, 3.05) is 7.11 Å². The molecule has 0 aliphatic heterocycles. The molecule has 0 spiro atoms. The van der Waals surface area contributed by atoms with Crippen LogP contribution >= 0.6 is 0 Å². The van der Waals surface area contributed by atoms with E-state index in [4.69, 9.17) is 9.15 Å². The molecular weight excluding hydrogens is 268 g/mol. The lowest BCUT2D eigenvalue weighted by molar-refractivity contribution is 0.103. The number of ether oxygens (including phenoxy) is 1. The van der Waals surface area contributed by atoms with Gasteiger partial charge < -0.3 is 9.15 Å². The van der Waals surface area contributed by atoms with E-state index in [0.717, 1.165) is 0 Å². The topological polar surface area (TPSA) is 56.5 Å². The maximum Gasteiger partial charge on any atom is 0.379 e. The Labute approximate surface area is 120 Å². The first-order valence-electron chi connectivity index (χ1n) is 6.40. The fourth-order valence-corrected chi connectivity index (χ4v) is 2.13. The molecule has 2 aromatic carbocycles. The molecule has 0 aliphatic carbocycles. The molecule has 0 atom stereocenters. The fraction of sp³-hybridized carbons (Fsp3) is 0.0588. The van der Waals surface area contributed by atoms with Crippen LogP contribution in [0.4, 0.5) is 0 Å². The van der Waals surface area contributed by atoms with Crippen LogP contribution < -0.4 is 10.4 Å². The van der Waals surface area contributed by atoms with Gasteiger partial charge in [-0.1, -0.05) is 42.5 Å². The summed E-state index contributed by atoms with van der Waals surface area (Å²) in [5, 5.41) is 0.705. The van der Waals surface area contributed by atoms with Gasteiger partial charge in [0.2, 0.25) is 5.75 Å². The first-order chi connectivity index (χ1) is 10.2. The van der Waals surface area contributed by atoms with Crippen molar-refractivity contribution in [3.05, 3.63) is 76.1 Å². The van der Waals surface area contributed by atoms with E-state index >= 15 is 0 Å². The fourth-order valence-electron chi connectivity index (χ4n) is 2.13. The van der Waals surface area contributed by atoms with Crippen molar-refractivity contribution in [2.45, 2.75) is 0 Å². The van der Waals surface area contributed by atoms with E-state index in [0.29, 0.717) is 22.1 Å². The van der Waals surface area contributed by atoms with Crippen molar-refractivity contribution in [3.63, 3.8) is 0 Å². The average molecular weight is 280 g/mol. The van der Waals surface area contributed by atoms with E-state index in [2.05, 4.69) is 0 Å². The summed E-state index contributed by atoms with van der Waals surface area (Å²) in [6.45, 7) is 0. The normalized spacial score (nSPS) is 10.5. The first-order valence-corrected chi connectivity index (χ1v) is 6.40. The van der Waals surface area contributed by atoms with Gasteiger partial charge in [-0.2, -0.15) is 0 Å². The maximum absolute atomic E-state index is 12.4. The third kappa shape index (κ3) is 2.43. The van der Waals surface area contributed by atoms with Gasteiger partial charge in [0.25, 0.3) is 0 Å². The van der Waals surface area contributed by atoms with E-state index in [-0.39, 0.29) is 11.5 Å². The van der Waals surface area contributed by atoms with Crippen LogP contribution in [-0.2, 0) is 0 Å². The summed E-state index contributed by atoms with van der Waals surface area (Å²) in [6, 6.07) is 15.6. The Hall–Kier alpha value is -2.88. The number of ketones is 1. The molecule has 4 heteroatoms. The van der Waals surface area contributed by atoms with Gasteiger partial charge in [-0.15, -0.1) is 0 Å². The molecule has 0 unspecified atom stereocenters. The summed E-state index contributed by atoms with van der Waals surface area (Å²) in [5.41, 5.74) is 0.867. The Morgan fingerprint density at radius 1 is 1.00 bits per heavy atom. The molecule has 104 valence electrons. The van der Waals surface area contributed by atoms with Crippen molar-refractivity contribution in [1.29, 1.82) is 0 Å². The Morgan fingerprint density at radius 2 is 1.76 bits per heavy atom. The summed E-state index contributed by atoms with van der Waals surface area (Å²) in [5.74, 6) is 0.0283. The second-order valence-electron chi connectivity index (χ2n) is 4.55. The molecule has 3 rings (SSSR count). The zero-order valence-electron chi connectivity index (χ0n) is 11.3. The Balaban J connectivity index is 2.09. The zero-order valence-corrected chi connectivity index (χ0v) is 11.3. The number of hydrogen-bond acceptors (Lipinski definition) is 4. The van der Waals surface area contributed by atoms with Crippen LogP contribution in [-0.4, -0.2) is 12.9 Å². The molecule has 0 radical (unpaired) electrons. The minimum Gasteiger partial charge on any atom is -0.490 e. The lowest BCUT2D eigenvalue weighted by Crippen LogP contribution is -2.04. The molecule has 0 fully saturated rings. The van der Waals surface area contributed by atoms with Crippen LogP contribution in [0.3, 0.4) is 0 Å². The van der Waals surface area contributed by atoms with Gasteiger partial charge in [-0.05, 0) is 12.1 Å². The van der Waals surface area contributed by atoms with Gasteiger partial charge in [-0.3, -0.25) is 4.79 Å². The Kier molecular flexibility index (Phi) is 3.28. The number of carbonyl (C=O) groups excluding carboxylic acids is 1. The molecule has 1 aromatic heterocycles. The SMILES string of the molecule is COc1cc2ccc(C(=O)c3ccccc3)cc2oc1=O. The van der Waals surface area contributed by atoms with Crippen LogP contribution in [0.1, 0.15) is 15.9 Å². The zero-order chi connectivity index (χ0) is 14.8. The maximum atomic E-state index is 12.4. The van der Waals surface area contributed by atoms with Gasteiger partial charge in [-0.25, -0.2) is 4.79 Å². The van der Waals surface area contributed by atoms with Crippen LogP contribution in [0.15, 0.2) is 63.8 Å². The third-order valence-electron chi connectivity index (χ3n) is 3.22. The molecular formula is C17H12O4. The van der Waals surface area contributed by atoms with Gasteiger partial charge in [0.05, 0.1) is 7.11 Å². The van der Waals surface area contributed by atoms with Crippen LogP contribution in [0.2, 0.25) is 0 Å². The predicted molar refractivity (Wildman–Crippen MR) is 78.9 cm³/mol. The lowest BCUT2D eigenvalue weighted by atomic mass is 10.0. The average Bonchev–Trinajstić information content (AvgIpc) is 2.53. The molecule has 21 heavy (non-hydrogen) atoms. The molecule has 0 saturated carbocycles. The van der Waals surface area contributed by atoms with E-state index in [1.54, 1.807) is 48.5 Å². The predicted octanol–water partition coefficient (Wildman–Crippen LogP) is 3.03. The molecule has 3 aromatic rings. The van der Waals surface area contributed by atoms with Crippen LogP contribution in [0.25, 0.3) is 11.0 Å². The molecule has 4 nitrogen and oxygen atoms in total. The number of fused-ring (bicyclic) bond motifs is 1. The molecule has 0 aliphatic rings. The van der Waals surface area contributed by atoms with Gasteiger partial charge in [0.15, 0.2) is 5.78 Å². The van der Waals surface area contributed by atoms with Gasteiger partial charge in [0, 0.05) is 16.5 Å². The highest BCUT2D eigenvalue weighted by Gasteiger charge is 2.11. The van der Waals surface area contributed by atoms with Gasteiger partial charge in [0.1, 0.15) is 5.58 Å².